The van der Waals surface area contributed by atoms with Gasteiger partial charge >= 0.3 is 5.97 Å². The van der Waals surface area contributed by atoms with Gasteiger partial charge in [-0.3, -0.25) is 4.79 Å². The molecule has 0 unspecified atom stereocenters. The average molecular weight is 328 g/mol. The van der Waals surface area contributed by atoms with Crippen LogP contribution in [0.5, 0.6) is 0 Å². The van der Waals surface area contributed by atoms with E-state index in [4.69, 9.17) is 5.11 Å². The van der Waals surface area contributed by atoms with E-state index in [1.165, 1.54) is 0 Å². The fourth-order valence-electron chi connectivity index (χ4n) is 1.72. The van der Waals surface area contributed by atoms with Crippen LogP contribution in [0.25, 0.3) is 0 Å². The zero-order valence-electron chi connectivity index (χ0n) is 11.1. The molecule has 1 aromatic rings. The molecule has 0 saturated heterocycles. The topological polar surface area (TPSA) is 66.4 Å². The van der Waals surface area contributed by atoms with E-state index in [-0.39, 0.29) is 5.91 Å². The Morgan fingerprint density at radius 3 is 2.68 bits per heavy atom. The Morgan fingerprint density at radius 1 is 1.42 bits per heavy atom. The van der Waals surface area contributed by atoms with Gasteiger partial charge in [-0.25, -0.2) is 4.79 Å². The number of hydrogen-bond donors (Lipinski definition) is 2. The molecule has 19 heavy (non-hydrogen) atoms. The van der Waals surface area contributed by atoms with Gasteiger partial charge in [0.2, 0.25) is 0 Å². The number of benzene rings is 1. The van der Waals surface area contributed by atoms with E-state index >= 15 is 0 Å². The number of carbonyl (C=O) groups excluding carboxylic acids is 1. The van der Waals surface area contributed by atoms with Crippen LogP contribution in [0.4, 0.5) is 0 Å². The maximum atomic E-state index is 12.1. The number of amides is 1. The fraction of sp³-hybridized carbons (Fsp3) is 0.429. The van der Waals surface area contributed by atoms with Crippen LogP contribution in [0.3, 0.4) is 0 Å². The molecule has 0 aliphatic carbocycles. The monoisotopic (exact) mass is 327 g/mol. The maximum Gasteiger partial charge on any atom is 0.326 e. The third-order valence-electron chi connectivity index (χ3n) is 2.89. The minimum atomic E-state index is -0.995. The van der Waals surface area contributed by atoms with E-state index in [1.807, 2.05) is 19.9 Å². The van der Waals surface area contributed by atoms with Gasteiger partial charge in [-0.05, 0) is 40.9 Å². The number of halogens is 1. The Hall–Kier alpha value is -1.36. The molecule has 0 saturated carbocycles. The van der Waals surface area contributed by atoms with Gasteiger partial charge in [-0.1, -0.05) is 31.9 Å². The quantitative estimate of drug-likeness (QED) is 0.843. The van der Waals surface area contributed by atoms with Gasteiger partial charge in [0.1, 0.15) is 6.04 Å². The summed E-state index contributed by atoms with van der Waals surface area (Å²) in [7, 11) is 0. The van der Waals surface area contributed by atoms with Crippen molar-refractivity contribution in [3.8, 4) is 0 Å². The first-order valence-electron chi connectivity index (χ1n) is 6.26. The number of carboxylic acids is 1. The van der Waals surface area contributed by atoms with E-state index in [1.54, 1.807) is 12.1 Å². The average Bonchev–Trinajstić information content (AvgIpc) is 2.37. The molecule has 104 valence electrons. The summed E-state index contributed by atoms with van der Waals surface area (Å²) >= 11 is 3.35. The minimum Gasteiger partial charge on any atom is -0.480 e. The van der Waals surface area contributed by atoms with Crippen LogP contribution in [0.1, 0.15) is 42.1 Å². The zero-order valence-corrected chi connectivity index (χ0v) is 12.7. The second-order valence-corrected chi connectivity index (χ2v) is 5.24. The Labute approximate surface area is 121 Å². The van der Waals surface area contributed by atoms with Gasteiger partial charge in [0, 0.05) is 4.47 Å². The van der Waals surface area contributed by atoms with Gasteiger partial charge < -0.3 is 10.4 Å². The van der Waals surface area contributed by atoms with Gasteiger partial charge in [0.25, 0.3) is 5.91 Å². The van der Waals surface area contributed by atoms with Crippen LogP contribution in [-0.4, -0.2) is 23.0 Å². The second-order valence-electron chi connectivity index (χ2n) is 4.44. The van der Waals surface area contributed by atoms with Gasteiger partial charge in [0.05, 0.1) is 5.56 Å². The Bertz CT molecular complexity index is 474. The lowest BCUT2D eigenvalue weighted by Gasteiger charge is -2.15. The first kappa shape index (κ1) is 15.7. The van der Waals surface area contributed by atoms with Crippen LogP contribution in [0.15, 0.2) is 22.7 Å². The third kappa shape index (κ3) is 4.35. The lowest BCUT2D eigenvalue weighted by molar-refractivity contribution is -0.139. The molecule has 1 rings (SSSR count). The number of carbonyl (C=O) groups is 2. The van der Waals surface area contributed by atoms with Crippen molar-refractivity contribution in [2.24, 2.45) is 0 Å². The number of hydrogen-bond acceptors (Lipinski definition) is 2. The smallest absolute Gasteiger partial charge is 0.326 e. The van der Waals surface area contributed by atoms with Crippen LogP contribution in [0, 0.1) is 6.92 Å². The minimum absolute atomic E-state index is 0.362. The fourth-order valence-corrected chi connectivity index (χ4v) is 2.17. The van der Waals surface area contributed by atoms with Crippen molar-refractivity contribution in [3.63, 3.8) is 0 Å². The molecule has 1 amide bonds. The molecule has 0 aliphatic rings. The highest BCUT2D eigenvalue weighted by Crippen LogP contribution is 2.21. The lowest BCUT2D eigenvalue weighted by atomic mass is 10.1. The van der Waals surface area contributed by atoms with Crippen LogP contribution in [0.2, 0.25) is 0 Å². The SMILES string of the molecule is CCCC[C@H](NC(=O)c1cccc(C)c1Br)C(=O)O. The van der Waals surface area contributed by atoms with E-state index in [2.05, 4.69) is 21.2 Å². The molecule has 0 aliphatic heterocycles. The molecule has 0 fully saturated rings. The molecule has 2 N–H and O–H groups in total. The molecular formula is C14H18BrNO3. The van der Waals surface area contributed by atoms with Gasteiger partial charge in [0.15, 0.2) is 0 Å². The largest absolute Gasteiger partial charge is 0.480 e. The molecule has 5 heteroatoms. The highest BCUT2D eigenvalue weighted by molar-refractivity contribution is 9.10. The predicted molar refractivity (Wildman–Crippen MR) is 77.3 cm³/mol. The Morgan fingerprint density at radius 2 is 2.11 bits per heavy atom. The summed E-state index contributed by atoms with van der Waals surface area (Å²) in [6.07, 6.45) is 2.11. The van der Waals surface area contributed by atoms with Crippen LogP contribution >= 0.6 is 15.9 Å². The third-order valence-corrected chi connectivity index (χ3v) is 3.94. The van der Waals surface area contributed by atoms with Crippen molar-refractivity contribution in [2.45, 2.75) is 39.2 Å². The summed E-state index contributed by atoms with van der Waals surface area (Å²) in [6, 6.07) is 4.49. The number of unbranched alkanes of at least 4 members (excludes halogenated alkanes) is 1. The second kappa shape index (κ2) is 7.28. The molecule has 0 bridgehead atoms. The number of aliphatic carboxylic acids is 1. The summed E-state index contributed by atoms with van der Waals surface area (Å²) in [4.78, 5) is 23.2. The standard InChI is InChI=1S/C14H18BrNO3/c1-3-4-8-11(14(18)19)16-13(17)10-7-5-6-9(2)12(10)15/h5-7,11H,3-4,8H2,1-2H3,(H,16,17)(H,18,19)/t11-/m0/s1. The van der Waals surface area contributed by atoms with Crippen LogP contribution < -0.4 is 5.32 Å². The van der Waals surface area contributed by atoms with E-state index < -0.39 is 12.0 Å². The highest BCUT2D eigenvalue weighted by atomic mass is 79.9. The van der Waals surface area contributed by atoms with Crippen molar-refractivity contribution >= 4 is 27.8 Å². The molecule has 1 atom stereocenters. The summed E-state index contributed by atoms with van der Waals surface area (Å²) in [5.41, 5.74) is 1.40. The molecule has 0 spiro atoms. The molecular weight excluding hydrogens is 310 g/mol. The summed E-state index contributed by atoms with van der Waals surface area (Å²) in [6.45, 7) is 3.87. The van der Waals surface area contributed by atoms with Crippen molar-refractivity contribution in [2.75, 3.05) is 0 Å². The lowest BCUT2D eigenvalue weighted by Crippen LogP contribution is -2.40. The highest BCUT2D eigenvalue weighted by Gasteiger charge is 2.21. The van der Waals surface area contributed by atoms with Crippen molar-refractivity contribution < 1.29 is 14.7 Å². The summed E-state index contributed by atoms with van der Waals surface area (Å²) in [5, 5.41) is 11.7. The molecule has 0 heterocycles. The maximum absolute atomic E-state index is 12.1. The van der Waals surface area contributed by atoms with E-state index in [9.17, 15) is 9.59 Å². The number of aryl methyl sites for hydroxylation is 1. The number of carboxylic acid groups (broad SMARTS) is 1. The predicted octanol–water partition coefficient (Wildman–Crippen LogP) is 3.13. The first-order chi connectivity index (χ1) is 8.97. The molecule has 1 aromatic carbocycles. The van der Waals surface area contributed by atoms with Crippen molar-refractivity contribution in [1.82, 2.24) is 5.32 Å². The van der Waals surface area contributed by atoms with E-state index in [0.717, 1.165) is 18.4 Å². The molecule has 0 radical (unpaired) electrons. The van der Waals surface area contributed by atoms with Gasteiger partial charge in [-0.2, -0.15) is 0 Å². The van der Waals surface area contributed by atoms with Crippen LogP contribution in [-0.2, 0) is 4.79 Å². The molecule has 0 aromatic heterocycles. The number of nitrogens with one attached hydrogen (secondary N) is 1. The molecule has 4 nitrogen and oxygen atoms in total. The summed E-state index contributed by atoms with van der Waals surface area (Å²) in [5.74, 6) is -1.36. The first-order valence-corrected chi connectivity index (χ1v) is 7.05. The zero-order chi connectivity index (χ0) is 14.4. The van der Waals surface area contributed by atoms with E-state index in [0.29, 0.717) is 16.5 Å². The summed E-state index contributed by atoms with van der Waals surface area (Å²) < 4.78 is 0.701. The normalized spacial score (nSPS) is 11.9. The van der Waals surface area contributed by atoms with Gasteiger partial charge in [-0.15, -0.1) is 0 Å². The Kier molecular flexibility index (Phi) is 6.02. The van der Waals surface area contributed by atoms with Crippen molar-refractivity contribution in [1.29, 1.82) is 0 Å². The van der Waals surface area contributed by atoms with Crippen molar-refractivity contribution in [3.05, 3.63) is 33.8 Å². The Balaban J connectivity index is 2.82. The number of rotatable bonds is 6.